The minimum Gasteiger partial charge on any atom is -0.456 e. The van der Waals surface area contributed by atoms with Crippen molar-refractivity contribution in [3.05, 3.63) is 187 Å². The van der Waals surface area contributed by atoms with Crippen LogP contribution in [-0.2, 0) is 5.41 Å². The first kappa shape index (κ1) is 30.0. The van der Waals surface area contributed by atoms with Gasteiger partial charge in [0.1, 0.15) is 11.2 Å². The van der Waals surface area contributed by atoms with Gasteiger partial charge in [0.25, 0.3) is 0 Å². The number of hydrogen-bond acceptors (Lipinski definition) is 2. The Morgan fingerprint density at radius 1 is 0.377 bits per heavy atom. The van der Waals surface area contributed by atoms with Gasteiger partial charge in [0.2, 0.25) is 0 Å². The summed E-state index contributed by atoms with van der Waals surface area (Å²) in [7, 11) is 0. The van der Waals surface area contributed by atoms with E-state index in [4.69, 9.17) is 4.42 Å². The van der Waals surface area contributed by atoms with E-state index in [-0.39, 0.29) is 5.41 Å². The van der Waals surface area contributed by atoms with Gasteiger partial charge >= 0.3 is 0 Å². The monoisotopic (exact) mass is 677 g/mol. The lowest BCUT2D eigenvalue weighted by atomic mass is 9.82. The molecule has 9 aromatic carbocycles. The van der Waals surface area contributed by atoms with Crippen molar-refractivity contribution in [3.8, 4) is 22.3 Å². The van der Waals surface area contributed by atoms with E-state index in [0.717, 1.165) is 39.0 Å². The summed E-state index contributed by atoms with van der Waals surface area (Å²) in [6, 6.07) is 64.3. The number of nitrogens with zero attached hydrogens (tertiary/aromatic N) is 1. The van der Waals surface area contributed by atoms with Crippen molar-refractivity contribution in [1.82, 2.24) is 0 Å². The van der Waals surface area contributed by atoms with Crippen LogP contribution in [0.4, 0.5) is 17.1 Å². The number of rotatable bonds is 4. The Morgan fingerprint density at radius 3 is 1.83 bits per heavy atom. The third kappa shape index (κ3) is 4.52. The highest BCUT2D eigenvalue weighted by molar-refractivity contribution is 6.17. The van der Waals surface area contributed by atoms with Gasteiger partial charge in [0.15, 0.2) is 0 Å². The zero-order valence-electron chi connectivity index (χ0n) is 29.6. The van der Waals surface area contributed by atoms with Crippen LogP contribution in [0.1, 0.15) is 25.0 Å². The second-order valence-electron chi connectivity index (χ2n) is 14.9. The predicted octanol–water partition coefficient (Wildman–Crippen LogP) is 14.5. The van der Waals surface area contributed by atoms with Gasteiger partial charge in [-0.3, -0.25) is 0 Å². The number of para-hydroxylation sites is 1. The van der Waals surface area contributed by atoms with Crippen molar-refractivity contribution in [2.75, 3.05) is 4.90 Å². The lowest BCUT2D eigenvalue weighted by molar-refractivity contribution is 0.660. The zero-order valence-corrected chi connectivity index (χ0v) is 29.6. The van der Waals surface area contributed by atoms with Gasteiger partial charge in [0.05, 0.1) is 0 Å². The molecule has 53 heavy (non-hydrogen) atoms. The van der Waals surface area contributed by atoms with Gasteiger partial charge in [-0.05, 0) is 114 Å². The molecule has 0 atom stereocenters. The van der Waals surface area contributed by atoms with E-state index < -0.39 is 0 Å². The molecule has 0 saturated heterocycles. The van der Waals surface area contributed by atoms with Crippen LogP contribution in [-0.4, -0.2) is 0 Å². The van der Waals surface area contributed by atoms with Crippen LogP contribution in [0.3, 0.4) is 0 Å². The Balaban J connectivity index is 1.03. The molecule has 0 spiro atoms. The van der Waals surface area contributed by atoms with Crippen molar-refractivity contribution in [1.29, 1.82) is 0 Å². The van der Waals surface area contributed by atoms with Crippen LogP contribution < -0.4 is 4.90 Å². The molecule has 0 saturated carbocycles. The van der Waals surface area contributed by atoms with Crippen molar-refractivity contribution in [2.24, 2.45) is 0 Å². The molecule has 1 aliphatic carbocycles. The fraction of sp³-hybridized carbons (Fsp3) is 0.0588. The van der Waals surface area contributed by atoms with Crippen molar-refractivity contribution in [2.45, 2.75) is 19.3 Å². The first-order valence-corrected chi connectivity index (χ1v) is 18.4. The summed E-state index contributed by atoms with van der Waals surface area (Å²) in [6.45, 7) is 4.67. The molecule has 1 heterocycles. The predicted molar refractivity (Wildman–Crippen MR) is 224 cm³/mol. The fourth-order valence-corrected chi connectivity index (χ4v) is 8.96. The highest BCUT2D eigenvalue weighted by Crippen LogP contribution is 2.51. The van der Waals surface area contributed by atoms with Crippen molar-refractivity contribution < 1.29 is 4.42 Å². The molecule has 0 aliphatic heterocycles. The van der Waals surface area contributed by atoms with Gasteiger partial charge in [0, 0.05) is 39.3 Å². The summed E-state index contributed by atoms with van der Waals surface area (Å²) in [6.07, 6.45) is 0. The Kier molecular flexibility index (Phi) is 6.33. The molecule has 2 heteroatoms. The number of furan rings is 1. The summed E-state index contributed by atoms with van der Waals surface area (Å²) in [4.78, 5) is 2.36. The summed E-state index contributed by atoms with van der Waals surface area (Å²) >= 11 is 0. The van der Waals surface area contributed by atoms with E-state index in [9.17, 15) is 0 Å². The van der Waals surface area contributed by atoms with Gasteiger partial charge in [-0.2, -0.15) is 0 Å². The number of hydrogen-bond donors (Lipinski definition) is 0. The lowest BCUT2D eigenvalue weighted by Gasteiger charge is -2.27. The molecule has 0 unspecified atom stereocenters. The van der Waals surface area contributed by atoms with E-state index in [1.165, 1.54) is 65.7 Å². The third-order valence-electron chi connectivity index (χ3n) is 11.6. The average Bonchev–Trinajstić information content (AvgIpc) is 3.69. The average molecular weight is 678 g/mol. The third-order valence-corrected chi connectivity index (χ3v) is 11.6. The Labute approximate surface area is 308 Å². The van der Waals surface area contributed by atoms with Crippen LogP contribution >= 0.6 is 0 Å². The maximum Gasteiger partial charge on any atom is 0.137 e. The Hall–Kier alpha value is -6.64. The molecule has 0 bridgehead atoms. The van der Waals surface area contributed by atoms with E-state index in [0.29, 0.717) is 0 Å². The molecular weight excluding hydrogens is 643 g/mol. The van der Waals surface area contributed by atoms with Crippen LogP contribution in [0, 0.1) is 0 Å². The molecule has 250 valence electrons. The molecule has 2 nitrogen and oxygen atoms in total. The Morgan fingerprint density at radius 2 is 0.962 bits per heavy atom. The number of fused-ring (bicyclic) bond motifs is 11. The van der Waals surface area contributed by atoms with Gasteiger partial charge < -0.3 is 9.32 Å². The quantitative estimate of drug-likeness (QED) is 0.172. The van der Waals surface area contributed by atoms with E-state index in [1.807, 2.05) is 12.1 Å². The molecule has 0 radical (unpaired) electrons. The van der Waals surface area contributed by atoms with E-state index in [2.05, 4.69) is 183 Å². The van der Waals surface area contributed by atoms with Gasteiger partial charge in [-0.25, -0.2) is 0 Å². The minimum atomic E-state index is -0.0515. The molecule has 1 aromatic heterocycles. The lowest BCUT2D eigenvalue weighted by Crippen LogP contribution is -2.15. The Bertz CT molecular complexity index is 3090. The summed E-state index contributed by atoms with van der Waals surface area (Å²) in [5.41, 5.74) is 12.7. The molecule has 1 aliphatic rings. The minimum absolute atomic E-state index is 0.0515. The topological polar surface area (TPSA) is 16.4 Å². The zero-order chi connectivity index (χ0) is 35.3. The molecule has 0 amide bonds. The van der Waals surface area contributed by atoms with Crippen LogP contribution in [0.5, 0.6) is 0 Å². The second-order valence-corrected chi connectivity index (χ2v) is 14.9. The first-order valence-electron chi connectivity index (χ1n) is 18.4. The summed E-state index contributed by atoms with van der Waals surface area (Å²) in [5, 5.41) is 9.95. The standard InChI is InChI=1S/C51H35NO/c1-51(2)47-13-7-5-11-43(47)46-30-37(23-28-48(46)51)52(38-22-27-45-44-12-6-8-14-49(44)53-50(45)31-38)36-20-15-32(16-21-36)34-18-24-40-35(29-34)19-26-41-39-10-4-3-9-33(39)17-25-42(40)41/h3-31H,1-2H3. The van der Waals surface area contributed by atoms with Gasteiger partial charge in [-0.1, -0.05) is 135 Å². The van der Waals surface area contributed by atoms with Crippen molar-refractivity contribution >= 4 is 71.3 Å². The van der Waals surface area contributed by atoms with Crippen LogP contribution in [0.25, 0.3) is 76.5 Å². The molecule has 0 fully saturated rings. The second kappa shape index (κ2) is 11.2. The highest BCUT2D eigenvalue weighted by Gasteiger charge is 2.35. The molecule has 11 rings (SSSR count). The largest absolute Gasteiger partial charge is 0.456 e. The smallest absolute Gasteiger partial charge is 0.137 e. The summed E-state index contributed by atoms with van der Waals surface area (Å²) in [5.74, 6) is 0. The number of anilines is 3. The normalized spacial score (nSPS) is 13.2. The highest BCUT2D eigenvalue weighted by atomic mass is 16.3. The fourth-order valence-electron chi connectivity index (χ4n) is 8.96. The van der Waals surface area contributed by atoms with Gasteiger partial charge in [-0.15, -0.1) is 0 Å². The van der Waals surface area contributed by atoms with E-state index >= 15 is 0 Å². The SMILES string of the molecule is CC1(C)c2ccccc2-c2cc(N(c3ccc(-c4ccc5c(ccc6c7ccccc7ccc56)c4)cc3)c3ccc4c(c3)oc3ccccc34)ccc21. The molecule has 10 aromatic rings. The summed E-state index contributed by atoms with van der Waals surface area (Å²) < 4.78 is 6.40. The maximum absolute atomic E-state index is 6.40. The maximum atomic E-state index is 6.40. The molecular formula is C51H35NO. The van der Waals surface area contributed by atoms with Crippen molar-refractivity contribution in [3.63, 3.8) is 0 Å². The first-order chi connectivity index (χ1) is 26.0. The molecule has 0 N–H and O–H groups in total. The van der Waals surface area contributed by atoms with Crippen LogP contribution in [0.15, 0.2) is 180 Å². The number of benzene rings is 9. The van der Waals surface area contributed by atoms with Crippen LogP contribution in [0.2, 0.25) is 0 Å². The van der Waals surface area contributed by atoms with E-state index in [1.54, 1.807) is 0 Å².